The van der Waals surface area contributed by atoms with E-state index >= 15 is 0 Å². The highest BCUT2D eigenvalue weighted by Gasteiger charge is 2.28. The topological polar surface area (TPSA) is 74.7 Å². The summed E-state index contributed by atoms with van der Waals surface area (Å²) in [6, 6.07) is 5.59. The summed E-state index contributed by atoms with van der Waals surface area (Å²) in [5.74, 6) is -1.18. The van der Waals surface area contributed by atoms with Crippen molar-refractivity contribution in [2.45, 2.75) is 19.9 Å². The van der Waals surface area contributed by atoms with E-state index in [0.29, 0.717) is 5.69 Å². The summed E-state index contributed by atoms with van der Waals surface area (Å²) in [7, 11) is -3.63. The molecule has 1 aromatic rings. The summed E-state index contributed by atoms with van der Waals surface area (Å²) < 4.78 is 24.2. The molecule has 1 atom stereocenters. The molecule has 0 aliphatic rings. The van der Waals surface area contributed by atoms with Crippen molar-refractivity contribution in [3.63, 3.8) is 0 Å². The summed E-state index contributed by atoms with van der Waals surface area (Å²) in [6.07, 6.45) is 0.995. The molecule has 1 aromatic carbocycles. The molecule has 17 heavy (non-hydrogen) atoms. The molecule has 0 aliphatic carbocycles. The van der Waals surface area contributed by atoms with Crippen LogP contribution in [0.1, 0.15) is 12.5 Å². The molecule has 1 N–H and O–H groups in total. The van der Waals surface area contributed by atoms with Gasteiger partial charge in [-0.1, -0.05) is 12.1 Å². The first-order valence-electron chi connectivity index (χ1n) is 5.02. The number of hydrogen-bond acceptors (Lipinski definition) is 3. The Hall–Kier alpha value is -1.56. The van der Waals surface area contributed by atoms with Crippen LogP contribution < -0.4 is 4.31 Å². The molecule has 0 spiro atoms. The van der Waals surface area contributed by atoms with Gasteiger partial charge in [0.1, 0.15) is 6.04 Å². The highest BCUT2D eigenvalue weighted by Crippen LogP contribution is 2.21. The van der Waals surface area contributed by atoms with Crippen molar-refractivity contribution in [1.29, 1.82) is 0 Å². The van der Waals surface area contributed by atoms with E-state index in [0.717, 1.165) is 16.1 Å². The molecule has 5 nitrogen and oxygen atoms in total. The maximum absolute atomic E-state index is 11.7. The first-order chi connectivity index (χ1) is 7.73. The van der Waals surface area contributed by atoms with Crippen LogP contribution in [0, 0.1) is 6.92 Å². The second-order valence-corrected chi connectivity index (χ2v) is 5.77. The zero-order valence-electron chi connectivity index (χ0n) is 9.91. The van der Waals surface area contributed by atoms with E-state index in [2.05, 4.69) is 0 Å². The Morgan fingerprint density at radius 1 is 1.41 bits per heavy atom. The van der Waals surface area contributed by atoms with Gasteiger partial charge in [0.05, 0.1) is 11.9 Å². The van der Waals surface area contributed by atoms with Gasteiger partial charge < -0.3 is 5.11 Å². The lowest BCUT2D eigenvalue weighted by atomic mass is 10.2. The number of rotatable bonds is 4. The van der Waals surface area contributed by atoms with Crippen LogP contribution in [0.15, 0.2) is 24.3 Å². The molecule has 0 aromatic heterocycles. The zero-order valence-corrected chi connectivity index (χ0v) is 10.7. The Morgan fingerprint density at radius 2 is 2.00 bits per heavy atom. The second kappa shape index (κ2) is 4.75. The SMILES string of the molecule is Cc1cccc(N([C@@H](C)C(=O)O)S(C)(=O)=O)c1. The van der Waals surface area contributed by atoms with Crippen LogP contribution in [-0.2, 0) is 14.8 Å². The fourth-order valence-electron chi connectivity index (χ4n) is 1.57. The summed E-state index contributed by atoms with van der Waals surface area (Å²) in [4.78, 5) is 10.9. The highest BCUT2D eigenvalue weighted by molar-refractivity contribution is 7.92. The first-order valence-corrected chi connectivity index (χ1v) is 6.87. The lowest BCUT2D eigenvalue weighted by Gasteiger charge is -2.26. The Morgan fingerprint density at radius 3 is 2.41 bits per heavy atom. The number of carbonyl (C=O) groups is 1. The number of nitrogens with zero attached hydrogens (tertiary/aromatic N) is 1. The monoisotopic (exact) mass is 257 g/mol. The van der Waals surface area contributed by atoms with E-state index in [1.165, 1.54) is 6.92 Å². The van der Waals surface area contributed by atoms with Gasteiger partial charge in [0.15, 0.2) is 0 Å². The number of anilines is 1. The van der Waals surface area contributed by atoms with E-state index in [4.69, 9.17) is 5.11 Å². The van der Waals surface area contributed by atoms with Gasteiger partial charge in [-0.25, -0.2) is 13.2 Å². The van der Waals surface area contributed by atoms with Crippen molar-refractivity contribution in [1.82, 2.24) is 0 Å². The third-order valence-electron chi connectivity index (χ3n) is 2.32. The molecule has 0 fully saturated rings. The molecule has 1 rings (SSSR count). The summed E-state index contributed by atoms with van der Waals surface area (Å²) in [5.41, 5.74) is 1.23. The zero-order chi connectivity index (χ0) is 13.2. The quantitative estimate of drug-likeness (QED) is 0.880. The van der Waals surface area contributed by atoms with Crippen LogP contribution in [-0.4, -0.2) is 31.8 Å². The minimum absolute atomic E-state index is 0.363. The maximum atomic E-state index is 11.7. The van der Waals surface area contributed by atoms with Crippen LogP contribution in [0.4, 0.5) is 5.69 Å². The third kappa shape index (κ3) is 3.20. The number of aryl methyl sites for hydroxylation is 1. The van der Waals surface area contributed by atoms with E-state index in [9.17, 15) is 13.2 Å². The predicted octanol–water partition coefficient (Wildman–Crippen LogP) is 1.23. The Kier molecular flexibility index (Phi) is 3.77. The number of aliphatic carboxylic acids is 1. The molecular formula is C11H15NO4S. The van der Waals surface area contributed by atoms with Gasteiger partial charge in [-0.05, 0) is 31.5 Å². The number of carboxylic acids is 1. The van der Waals surface area contributed by atoms with Crippen molar-refractivity contribution < 1.29 is 18.3 Å². The van der Waals surface area contributed by atoms with Crippen LogP contribution >= 0.6 is 0 Å². The Bertz CT molecular complexity index is 524. The smallest absolute Gasteiger partial charge is 0.327 e. The highest BCUT2D eigenvalue weighted by atomic mass is 32.2. The molecule has 0 saturated carbocycles. The molecule has 94 valence electrons. The molecular weight excluding hydrogens is 242 g/mol. The third-order valence-corrected chi connectivity index (χ3v) is 3.56. The molecule has 6 heteroatoms. The Balaban J connectivity index is 3.30. The van der Waals surface area contributed by atoms with Crippen molar-refractivity contribution in [2.24, 2.45) is 0 Å². The van der Waals surface area contributed by atoms with Crippen molar-refractivity contribution in [3.05, 3.63) is 29.8 Å². The van der Waals surface area contributed by atoms with Crippen molar-refractivity contribution in [3.8, 4) is 0 Å². The molecule has 0 saturated heterocycles. The molecule has 0 heterocycles. The van der Waals surface area contributed by atoms with Gasteiger partial charge in [-0.15, -0.1) is 0 Å². The van der Waals surface area contributed by atoms with Gasteiger partial charge in [-0.2, -0.15) is 0 Å². The summed E-state index contributed by atoms with van der Waals surface area (Å²) in [6.45, 7) is 3.15. The lowest BCUT2D eigenvalue weighted by Crippen LogP contribution is -2.42. The average molecular weight is 257 g/mol. The predicted molar refractivity (Wildman–Crippen MR) is 65.6 cm³/mol. The van der Waals surface area contributed by atoms with Gasteiger partial charge in [0.25, 0.3) is 0 Å². The van der Waals surface area contributed by atoms with Crippen molar-refractivity contribution >= 4 is 21.7 Å². The number of benzene rings is 1. The van der Waals surface area contributed by atoms with Crippen LogP contribution in [0.3, 0.4) is 0 Å². The van der Waals surface area contributed by atoms with Crippen LogP contribution in [0.2, 0.25) is 0 Å². The first kappa shape index (κ1) is 13.5. The van der Waals surface area contributed by atoms with E-state index in [-0.39, 0.29) is 0 Å². The molecule has 0 radical (unpaired) electrons. The van der Waals surface area contributed by atoms with Crippen LogP contribution in [0.5, 0.6) is 0 Å². The number of sulfonamides is 1. The standard InChI is InChI=1S/C11H15NO4S/c1-8-5-4-6-10(7-8)12(17(3,15)16)9(2)11(13)14/h4-7,9H,1-3H3,(H,13,14)/t9-/m0/s1. The van der Waals surface area contributed by atoms with Gasteiger partial charge in [-0.3, -0.25) is 4.31 Å². The van der Waals surface area contributed by atoms with Gasteiger partial charge >= 0.3 is 5.97 Å². The van der Waals surface area contributed by atoms with Crippen molar-refractivity contribution in [2.75, 3.05) is 10.6 Å². The molecule has 0 unspecified atom stereocenters. The van der Waals surface area contributed by atoms with Gasteiger partial charge in [0, 0.05) is 0 Å². The van der Waals surface area contributed by atoms with Gasteiger partial charge in [0.2, 0.25) is 10.0 Å². The minimum Gasteiger partial charge on any atom is -0.480 e. The van der Waals surface area contributed by atoms with E-state index < -0.39 is 22.0 Å². The molecule has 0 bridgehead atoms. The average Bonchev–Trinajstić information content (AvgIpc) is 2.15. The second-order valence-electron chi connectivity index (χ2n) is 3.91. The molecule has 0 aliphatic heterocycles. The fraction of sp³-hybridized carbons (Fsp3) is 0.364. The summed E-state index contributed by atoms with van der Waals surface area (Å²) in [5, 5.41) is 8.94. The Labute approximate surface area is 101 Å². The maximum Gasteiger partial charge on any atom is 0.327 e. The van der Waals surface area contributed by atoms with E-state index in [1.807, 2.05) is 13.0 Å². The number of carboxylic acid groups (broad SMARTS) is 1. The lowest BCUT2D eigenvalue weighted by molar-refractivity contribution is -0.137. The molecule has 0 amide bonds. The minimum atomic E-state index is -3.63. The number of hydrogen-bond donors (Lipinski definition) is 1. The van der Waals surface area contributed by atoms with Crippen LogP contribution in [0.25, 0.3) is 0 Å². The largest absolute Gasteiger partial charge is 0.480 e. The normalized spacial score (nSPS) is 13.1. The van der Waals surface area contributed by atoms with E-state index in [1.54, 1.807) is 18.2 Å². The summed E-state index contributed by atoms with van der Waals surface area (Å²) >= 11 is 0. The fourth-order valence-corrected chi connectivity index (χ4v) is 2.73.